The summed E-state index contributed by atoms with van der Waals surface area (Å²) >= 11 is 1.78. The van der Waals surface area contributed by atoms with Crippen molar-refractivity contribution in [1.29, 1.82) is 0 Å². The number of aromatic nitrogens is 2. The molecule has 0 aliphatic heterocycles. The third-order valence-electron chi connectivity index (χ3n) is 3.60. The molecule has 6 heteroatoms. The number of nitrogens with zero attached hydrogens (tertiary/aromatic N) is 2. The number of carboxylic acids is 1. The lowest BCUT2D eigenvalue weighted by molar-refractivity contribution is -0.142. The summed E-state index contributed by atoms with van der Waals surface area (Å²) in [6.45, 7) is 6.42. The normalized spacial score (nSPS) is 26.3. The van der Waals surface area contributed by atoms with Crippen LogP contribution < -0.4 is 0 Å². The molecule has 112 valence electrons. The fraction of sp³-hybridized carbons (Fsp3) is 0.786. The Balaban J connectivity index is 1.99. The van der Waals surface area contributed by atoms with Crippen molar-refractivity contribution in [3.63, 3.8) is 0 Å². The summed E-state index contributed by atoms with van der Waals surface area (Å²) in [5, 5.41) is 13.3. The Morgan fingerprint density at radius 3 is 2.90 bits per heavy atom. The van der Waals surface area contributed by atoms with E-state index in [0.717, 1.165) is 17.9 Å². The predicted molar refractivity (Wildman–Crippen MR) is 77.6 cm³/mol. The van der Waals surface area contributed by atoms with Crippen molar-refractivity contribution < 1.29 is 14.4 Å². The predicted octanol–water partition coefficient (Wildman–Crippen LogP) is 3.17. The molecule has 1 aliphatic carbocycles. The second-order valence-electron chi connectivity index (χ2n) is 6.09. The number of carbonyl (C=O) groups is 1. The van der Waals surface area contributed by atoms with Gasteiger partial charge in [-0.15, -0.1) is 0 Å². The number of hydrogen-bond donors (Lipinski definition) is 1. The van der Waals surface area contributed by atoms with E-state index in [4.69, 9.17) is 4.52 Å². The average Bonchev–Trinajstić information content (AvgIpc) is 2.95. The van der Waals surface area contributed by atoms with Crippen molar-refractivity contribution in [2.45, 2.75) is 45.3 Å². The van der Waals surface area contributed by atoms with Crippen molar-refractivity contribution in [2.24, 2.45) is 17.8 Å². The van der Waals surface area contributed by atoms with Crippen molar-refractivity contribution >= 4 is 17.7 Å². The molecule has 0 radical (unpaired) electrons. The molecule has 0 aromatic carbocycles. The summed E-state index contributed by atoms with van der Waals surface area (Å²) < 4.78 is 5.30. The molecule has 1 aromatic heterocycles. The SMILES string of the molecule is CC(C)CSCc1noc(C2CC(C)CC2C(=O)O)n1. The first-order chi connectivity index (χ1) is 9.47. The van der Waals surface area contributed by atoms with Gasteiger partial charge in [-0.2, -0.15) is 16.7 Å². The van der Waals surface area contributed by atoms with Crippen LogP contribution >= 0.6 is 11.8 Å². The van der Waals surface area contributed by atoms with Gasteiger partial charge < -0.3 is 9.63 Å². The van der Waals surface area contributed by atoms with Crippen molar-refractivity contribution in [1.82, 2.24) is 10.1 Å². The van der Waals surface area contributed by atoms with Crippen LogP contribution in [-0.2, 0) is 10.5 Å². The molecular formula is C14H22N2O3S. The van der Waals surface area contributed by atoms with E-state index >= 15 is 0 Å². The van der Waals surface area contributed by atoms with Gasteiger partial charge in [0.2, 0.25) is 5.89 Å². The Morgan fingerprint density at radius 1 is 1.50 bits per heavy atom. The lowest BCUT2D eigenvalue weighted by atomic mass is 9.96. The topological polar surface area (TPSA) is 76.2 Å². The summed E-state index contributed by atoms with van der Waals surface area (Å²) in [5.41, 5.74) is 0. The van der Waals surface area contributed by atoms with Gasteiger partial charge in [0.1, 0.15) is 0 Å². The highest BCUT2D eigenvalue weighted by atomic mass is 32.2. The van der Waals surface area contributed by atoms with E-state index in [-0.39, 0.29) is 11.8 Å². The zero-order valence-electron chi connectivity index (χ0n) is 12.2. The summed E-state index contributed by atoms with van der Waals surface area (Å²) in [6.07, 6.45) is 1.51. The molecule has 20 heavy (non-hydrogen) atoms. The van der Waals surface area contributed by atoms with E-state index in [9.17, 15) is 9.90 Å². The second kappa shape index (κ2) is 6.61. The molecule has 1 heterocycles. The first-order valence-corrected chi connectivity index (χ1v) is 8.25. The van der Waals surface area contributed by atoms with Gasteiger partial charge in [0, 0.05) is 0 Å². The third-order valence-corrected chi connectivity index (χ3v) is 4.96. The summed E-state index contributed by atoms with van der Waals surface area (Å²) in [7, 11) is 0. The number of hydrogen-bond acceptors (Lipinski definition) is 5. The molecule has 5 nitrogen and oxygen atoms in total. The van der Waals surface area contributed by atoms with Crippen LogP contribution in [0, 0.1) is 17.8 Å². The fourth-order valence-corrected chi connectivity index (χ4v) is 3.59. The second-order valence-corrected chi connectivity index (χ2v) is 7.12. The van der Waals surface area contributed by atoms with Crippen LogP contribution in [0.25, 0.3) is 0 Å². The number of thioether (sulfide) groups is 1. The van der Waals surface area contributed by atoms with Crippen LogP contribution in [0.2, 0.25) is 0 Å². The molecule has 1 saturated carbocycles. The van der Waals surface area contributed by atoms with Crippen LogP contribution in [0.4, 0.5) is 0 Å². The first-order valence-electron chi connectivity index (χ1n) is 7.10. The minimum atomic E-state index is -0.756. The quantitative estimate of drug-likeness (QED) is 0.869. The minimum Gasteiger partial charge on any atom is -0.481 e. The zero-order chi connectivity index (χ0) is 14.7. The molecule has 0 saturated heterocycles. The first kappa shape index (κ1) is 15.4. The Kier molecular flexibility index (Phi) is 5.07. The highest BCUT2D eigenvalue weighted by Crippen LogP contribution is 2.42. The molecule has 1 aliphatic rings. The van der Waals surface area contributed by atoms with Crippen LogP contribution in [0.3, 0.4) is 0 Å². The van der Waals surface area contributed by atoms with E-state index in [1.165, 1.54) is 0 Å². The molecule has 3 unspecified atom stereocenters. The summed E-state index contributed by atoms with van der Waals surface area (Å²) in [6, 6.07) is 0. The molecule has 0 amide bonds. The maximum absolute atomic E-state index is 11.3. The van der Waals surface area contributed by atoms with E-state index in [0.29, 0.717) is 30.0 Å². The largest absolute Gasteiger partial charge is 0.481 e. The molecule has 1 fully saturated rings. The molecule has 1 aromatic rings. The van der Waals surface area contributed by atoms with Gasteiger partial charge in [0.25, 0.3) is 0 Å². The van der Waals surface area contributed by atoms with Gasteiger partial charge >= 0.3 is 5.97 Å². The highest BCUT2D eigenvalue weighted by Gasteiger charge is 2.41. The van der Waals surface area contributed by atoms with Gasteiger partial charge in [-0.1, -0.05) is 25.9 Å². The van der Waals surface area contributed by atoms with E-state index in [1.807, 2.05) is 0 Å². The summed E-state index contributed by atoms with van der Waals surface area (Å²) in [4.78, 5) is 15.7. The average molecular weight is 298 g/mol. The van der Waals surface area contributed by atoms with Gasteiger partial charge in [-0.05, 0) is 30.4 Å². The van der Waals surface area contributed by atoms with Gasteiger partial charge in [-0.3, -0.25) is 4.79 Å². The van der Waals surface area contributed by atoms with Gasteiger partial charge in [0.05, 0.1) is 17.6 Å². The number of aliphatic carboxylic acids is 1. The Hall–Kier alpha value is -1.04. The van der Waals surface area contributed by atoms with Gasteiger partial charge in [0.15, 0.2) is 5.82 Å². The van der Waals surface area contributed by atoms with Crippen molar-refractivity contribution in [3.05, 3.63) is 11.7 Å². The third kappa shape index (κ3) is 3.75. The zero-order valence-corrected chi connectivity index (χ0v) is 13.0. The Labute approximate surface area is 123 Å². The molecule has 0 bridgehead atoms. The van der Waals surface area contributed by atoms with Crippen LogP contribution in [0.1, 0.15) is 51.2 Å². The smallest absolute Gasteiger partial charge is 0.307 e. The monoisotopic (exact) mass is 298 g/mol. The molecule has 3 atom stereocenters. The van der Waals surface area contributed by atoms with E-state index < -0.39 is 5.97 Å². The lowest BCUT2D eigenvalue weighted by Gasteiger charge is -2.09. The Bertz CT molecular complexity index is 461. The van der Waals surface area contributed by atoms with Crippen LogP contribution in [-0.4, -0.2) is 27.0 Å². The van der Waals surface area contributed by atoms with E-state index in [1.54, 1.807) is 11.8 Å². The van der Waals surface area contributed by atoms with Crippen LogP contribution in [0.5, 0.6) is 0 Å². The number of rotatable bonds is 6. The molecule has 1 N–H and O–H groups in total. The Morgan fingerprint density at radius 2 is 2.25 bits per heavy atom. The molecular weight excluding hydrogens is 276 g/mol. The van der Waals surface area contributed by atoms with E-state index in [2.05, 4.69) is 30.9 Å². The minimum absolute atomic E-state index is 0.126. The maximum Gasteiger partial charge on any atom is 0.307 e. The summed E-state index contributed by atoms with van der Waals surface area (Å²) in [5.74, 6) is 2.72. The van der Waals surface area contributed by atoms with Crippen molar-refractivity contribution in [3.8, 4) is 0 Å². The van der Waals surface area contributed by atoms with Gasteiger partial charge in [-0.25, -0.2) is 0 Å². The molecule has 2 rings (SSSR count). The highest BCUT2D eigenvalue weighted by molar-refractivity contribution is 7.98. The lowest BCUT2D eigenvalue weighted by Crippen LogP contribution is -2.17. The number of carboxylic acid groups (broad SMARTS) is 1. The molecule has 0 spiro atoms. The van der Waals surface area contributed by atoms with Crippen molar-refractivity contribution in [2.75, 3.05) is 5.75 Å². The maximum atomic E-state index is 11.3. The standard InChI is InChI=1S/C14H22N2O3S/c1-8(2)6-20-7-12-15-13(19-16-12)10-4-9(3)5-11(10)14(17)18/h8-11H,4-7H2,1-3H3,(H,17,18). The fourth-order valence-electron chi connectivity index (χ4n) is 2.70. The van der Waals surface area contributed by atoms with Crippen LogP contribution in [0.15, 0.2) is 4.52 Å².